The van der Waals surface area contributed by atoms with Crippen LogP contribution in [0.1, 0.15) is 28.9 Å². The van der Waals surface area contributed by atoms with E-state index in [-0.39, 0.29) is 17.6 Å². The molecule has 1 saturated carbocycles. The predicted molar refractivity (Wildman–Crippen MR) is 97.3 cm³/mol. The Hall–Kier alpha value is -3.15. The van der Waals surface area contributed by atoms with E-state index in [9.17, 15) is 14.0 Å². The van der Waals surface area contributed by atoms with Crippen molar-refractivity contribution >= 4 is 28.4 Å². The number of anilines is 1. The number of nitrogens with two attached hydrogens (primary N) is 1. The number of hydrogen-bond acceptors (Lipinski definition) is 2. The molecule has 1 aliphatic carbocycles. The minimum absolute atomic E-state index is 0.0265. The smallest absolute Gasteiger partial charge is 0.265 e. The number of primary amides is 1. The molecule has 1 aromatic heterocycles. The van der Waals surface area contributed by atoms with Crippen LogP contribution in [0, 0.1) is 11.7 Å². The average molecular weight is 351 g/mol. The molecule has 1 aliphatic rings. The largest absolute Gasteiger partial charge is 0.364 e. The third-order valence-electron chi connectivity index (χ3n) is 4.60. The third-order valence-corrected chi connectivity index (χ3v) is 4.60. The van der Waals surface area contributed by atoms with Crippen molar-refractivity contribution in [2.75, 3.05) is 5.32 Å². The Morgan fingerprint density at radius 3 is 2.65 bits per heavy atom. The molecular formula is C20H18FN3O2. The fraction of sp³-hybridized carbons (Fsp3) is 0.200. The van der Waals surface area contributed by atoms with Crippen LogP contribution in [-0.4, -0.2) is 16.4 Å². The van der Waals surface area contributed by atoms with Gasteiger partial charge in [-0.05, 0) is 54.8 Å². The van der Waals surface area contributed by atoms with Gasteiger partial charge in [-0.1, -0.05) is 12.1 Å². The molecule has 26 heavy (non-hydrogen) atoms. The minimum Gasteiger partial charge on any atom is -0.364 e. The number of aromatic nitrogens is 1. The van der Waals surface area contributed by atoms with Crippen LogP contribution in [0.5, 0.6) is 0 Å². The second-order valence-electron chi connectivity index (χ2n) is 6.65. The standard InChI is InChI=1S/C20H18FN3O2/c21-15-3-1-2-12(8-15)11-24-17-7-6-16(23-20(26)13-4-5-13)9-14(17)10-18(24)19(22)25/h1-3,6-10,13H,4-5,11H2,(H2,22,25)(H,23,26). The van der Waals surface area contributed by atoms with Crippen LogP contribution in [0.25, 0.3) is 10.9 Å². The lowest BCUT2D eigenvalue weighted by molar-refractivity contribution is -0.117. The topological polar surface area (TPSA) is 77.1 Å². The van der Waals surface area contributed by atoms with Gasteiger partial charge in [0.2, 0.25) is 5.91 Å². The molecule has 1 fully saturated rings. The van der Waals surface area contributed by atoms with Gasteiger partial charge in [0.15, 0.2) is 0 Å². The van der Waals surface area contributed by atoms with Crippen molar-refractivity contribution in [1.29, 1.82) is 0 Å². The Morgan fingerprint density at radius 2 is 1.96 bits per heavy atom. The summed E-state index contributed by atoms with van der Waals surface area (Å²) in [6.07, 6.45) is 1.87. The molecule has 2 amide bonds. The van der Waals surface area contributed by atoms with E-state index < -0.39 is 5.91 Å². The first-order valence-electron chi connectivity index (χ1n) is 8.49. The lowest BCUT2D eigenvalue weighted by atomic mass is 10.2. The van der Waals surface area contributed by atoms with Crippen molar-refractivity contribution in [2.45, 2.75) is 19.4 Å². The summed E-state index contributed by atoms with van der Waals surface area (Å²) in [5.41, 5.74) is 8.09. The normalized spacial score (nSPS) is 13.7. The molecule has 3 aromatic rings. The zero-order valence-corrected chi connectivity index (χ0v) is 14.0. The van der Waals surface area contributed by atoms with Gasteiger partial charge in [-0.15, -0.1) is 0 Å². The predicted octanol–water partition coefficient (Wildman–Crippen LogP) is 3.28. The van der Waals surface area contributed by atoms with Crippen molar-refractivity contribution in [1.82, 2.24) is 4.57 Å². The minimum atomic E-state index is -0.554. The highest BCUT2D eigenvalue weighted by Crippen LogP contribution is 2.31. The molecule has 0 saturated heterocycles. The fourth-order valence-electron chi connectivity index (χ4n) is 3.13. The number of hydrogen-bond donors (Lipinski definition) is 2. The highest BCUT2D eigenvalue weighted by molar-refractivity contribution is 6.00. The monoisotopic (exact) mass is 351 g/mol. The van der Waals surface area contributed by atoms with Crippen LogP contribution in [0.3, 0.4) is 0 Å². The number of benzene rings is 2. The molecule has 0 spiro atoms. The summed E-state index contributed by atoms with van der Waals surface area (Å²) >= 11 is 0. The summed E-state index contributed by atoms with van der Waals surface area (Å²) < 4.78 is 15.2. The highest BCUT2D eigenvalue weighted by Gasteiger charge is 2.29. The summed E-state index contributed by atoms with van der Waals surface area (Å²) in [5, 5.41) is 3.69. The van der Waals surface area contributed by atoms with E-state index in [2.05, 4.69) is 5.32 Å². The number of halogens is 1. The molecule has 0 atom stereocenters. The zero-order chi connectivity index (χ0) is 18.3. The van der Waals surface area contributed by atoms with Crippen LogP contribution >= 0.6 is 0 Å². The molecule has 0 radical (unpaired) electrons. The number of amides is 2. The van der Waals surface area contributed by atoms with E-state index >= 15 is 0 Å². The number of rotatable bonds is 5. The van der Waals surface area contributed by atoms with Gasteiger partial charge in [-0.25, -0.2) is 4.39 Å². The van der Waals surface area contributed by atoms with E-state index in [0.29, 0.717) is 17.9 Å². The SMILES string of the molecule is NC(=O)c1cc2cc(NC(=O)C3CC3)ccc2n1Cc1cccc(F)c1. The van der Waals surface area contributed by atoms with Crippen LogP contribution in [0.15, 0.2) is 48.5 Å². The second-order valence-corrected chi connectivity index (χ2v) is 6.65. The van der Waals surface area contributed by atoms with Crippen LogP contribution in [0.4, 0.5) is 10.1 Å². The summed E-state index contributed by atoms with van der Waals surface area (Å²) in [7, 11) is 0. The van der Waals surface area contributed by atoms with E-state index in [1.807, 2.05) is 12.1 Å². The van der Waals surface area contributed by atoms with Gasteiger partial charge >= 0.3 is 0 Å². The second kappa shape index (κ2) is 6.29. The fourth-order valence-corrected chi connectivity index (χ4v) is 3.13. The van der Waals surface area contributed by atoms with Crippen molar-refractivity contribution in [3.8, 4) is 0 Å². The first-order valence-corrected chi connectivity index (χ1v) is 8.49. The molecule has 2 aromatic carbocycles. The highest BCUT2D eigenvalue weighted by atomic mass is 19.1. The van der Waals surface area contributed by atoms with Crippen LogP contribution in [0.2, 0.25) is 0 Å². The van der Waals surface area contributed by atoms with Gasteiger partial charge in [-0.2, -0.15) is 0 Å². The van der Waals surface area contributed by atoms with E-state index in [1.165, 1.54) is 12.1 Å². The molecule has 1 heterocycles. The number of fused-ring (bicyclic) bond motifs is 1. The van der Waals surface area contributed by atoms with Crippen molar-refractivity contribution in [3.05, 3.63) is 65.6 Å². The molecule has 4 rings (SSSR count). The maximum atomic E-state index is 13.5. The van der Waals surface area contributed by atoms with E-state index in [0.717, 1.165) is 29.3 Å². The number of nitrogens with zero attached hydrogens (tertiary/aromatic N) is 1. The van der Waals surface area contributed by atoms with Gasteiger partial charge in [0.25, 0.3) is 5.91 Å². The van der Waals surface area contributed by atoms with E-state index in [1.54, 1.807) is 28.8 Å². The van der Waals surface area contributed by atoms with Crippen molar-refractivity contribution in [2.24, 2.45) is 11.7 Å². The lowest BCUT2D eigenvalue weighted by Crippen LogP contribution is -2.17. The van der Waals surface area contributed by atoms with Gasteiger partial charge in [0, 0.05) is 29.1 Å². The Bertz CT molecular complexity index is 1020. The van der Waals surface area contributed by atoms with Gasteiger partial charge in [-0.3, -0.25) is 9.59 Å². The van der Waals surface area contributed by atoms with Gasteiger partial charge in [0.05, 0.1) is 0 Å². The maximum absolute atomic E-state index is 13.5. The Kier molecular flexibility index (Phi) is 3.95. The molecule has 6 heteroatoms. The molecule has 132 valence electrons. The zero-order valence-electron chi connectivity index (χ0n) is 14.0. The van der Waals surface area contributed by atoms with Crippen molar-refractivity contribution < 1.29 is 14.0 Å². The quantitative estimate of drug-likeness (QED) is 0.740. The van der Waals surface area contributed by atoms with Crippen LogP contribution in [-0.2, 0) is 11.3 Å². The Balaban J connectivity index is 1.71. The first kappa shape index (κ1) is 16.3. The summed E-state index contributed by atoms with van der Waals surface area (Å²) in [5.74, 6) is -0.742. The summed E-state index contributed by atoms with van der Waals surface area (Å²) in [6, 6.07) is 13.4. The molecule has 3 N–H and O–H groups in total. The molecule has 0 unspecified atom stereocenters. The maximum Gasteiger partial charge on any atom is 0.265 e. The van der Waals surface area contributed by atoms with Crippen molar-refractivity contribution in [3.63, 3.8) is 0 Å². The average Bonchev–Trinajstić information content (AvgIpc) is 3.38. The summed E-state index contributed by atoms with van der Waals surface area (Å²) in [4.78, 5) is 23.8. The molecule has 0 bridgehead atoms. The van der Waals surface area contributed by atoms with Gasteiger partial charge < -0.3 is 15.6 Å². The summed E-state index contributed by atoms with van der Waals surface area (Å²) in [6.45, 7) is 0.327. The molecule has 0 aliphatic heterocycles. The number of carbonyl (C=O) groups is 2. The number of carbonyl (C=O) groups excluding carboxylic acids is 2. The molecular weight excluding hydrogens is 333 g/mol. The Labute approximate surface area is 149 Å². The first-order chi connectivity index (χ1) is 12.5. The lowest BCUT2D eigenvalue weighted by Gasteiger charge is -2.10. The van der Waals surface area contributed by atoms with Crippen LogP contribution < -0.4 is 11.1 Å². The third kappa shape index (κ3) is 3.18. The number of nitrogens with one attached hydrogen (secondary N) is 1. The van der Waals surface area contributed by atoms with E-state index in [4.69, 9.17) is 5.73 Å². The Morgan fingerprint density at radius 1 is 1.15 bits per heavy atom. The molecule has 5 nitrogen and oxygen atoms in total. The van der Waals surface area contributed by atoms with Gasteiger partial charge in [0.1, 0.15) is 11.5 Å².